The van der Waals surface area contributed by atoms with Gasteiger partial charge >= 0.3 is 0 Å². The minimum Gasteiger partial charge on any atom is -0.508 e. The molecule has 13 heteroatoms. The SMILES string of the molecule is CN(C)[C@@H]1C(=O)C(C(N)=O)=C(O)[C@@]2(O)C(=O)C3=C(O)c4c(O)ccc(Cl)c4[C@@H](O)[C@H]3C[C@@H]12.c1cnoc1. The maximum Gasteiger partial charge on any atom is 0.255 e. The lowest BCUT2D eigenvalue weighted by atomic mass is 9.57. The molecule has 3 aliphatic rings. The number of fused-ring (bicyclic) bond motifs is 3. The van der Waals surface area contributed by atoms with E-state index in [1.807, 2.05) is 0 Å². The number of rotatable bonds is 2. The van der Waals surface area contributed by atoms with E-state index in [1.165, 1.54) is 37.4 Å². The van der Waals surface area contributed by atoms with Crippen LogP contribution in [-0.4, -0.2) is 78.8 Å². The summed E-state index contributed by atoms with van der Waals surface area (Å²) in [5.74, 6) is -8.19. The fourth-order valence-electron chi connectivity index (χ4n) is 5.42. The molecule has 1 aromatic carbocycles. The van der Waals surface area contributed by atoms with Crippen molar-refractivity contribution in [2.45, 2.75) is 24.2 Å². The van der Waals surface area contributed by atoms with Gasteiger partial charge in [-0.15, -0.1) is 0 Å². The summed E-state index contributed by atoms with van der Waals surface area (Å²) in [6.45, 7) is 0. The highest BCUT2D eigenvalue weighted by molar-refractivity contribution is 6.32. The molecule has 7 N–H and O–H groups in total. The monoisotopic (exact) mass is 533 g/mol. The summed E-state index contributed by atoms with van der Waals surface area (Å²) in [4.78, 5) is 39.8. The first-order valence-corrected chi connectivity index (χ1v) is 11.4. The van der Waals surface area contributed by atoms with Crippen molar-refractivity contribution < 1.29 is 44.4 Å². The highest BCUT2D eigenvalue weighted by atomic mass is 35.5. The van der Waals surface area contributed by atoms with E-state index in [-0.39, 0.29) is 22.6 Å². The Morgan fingerprint density at radius 1 is 1.24 bits per heavy atom. The Balaban J connectivity index is 0.000000572. The van der Waals surface area contributed by atoms with Gasteiger partial charge in [-0.1, -0.05) is 16.8 Å². The van der Waals surface area contributed by atoms with Crippen LogP contribution in [-0.2, 0) is 14.4 Å². The van der Waals surface area contributed by atoms with Gasteiger partial charge in [0.25, 0.3) is 5.91 Å². The van der Waals surface area contributed by atoms with Crippen molar-refractivity contribution in [1.29, 1.82) is 0 Å². The van der Waals surface area contributed by atoms with Crippen LogP contribution in [0.5, 0.6) is 5.75 Å². The lowest BCUT2D eigenvalue weighted by molar-refractivity contribution is -0.155. The zero-order chi connectivity index (χ0) is 27.4. The Morgan fingerprint density at radius 3 is 2.43 bits per heavy atom. The minimum absolute atomic E-state index is 0.00251. The third-order valence-corrected chi connectivity index (χ3v) is 7.32. The molecule has 0 aliphatic heterocycles. The normalized spacial score (nSPS) is 28.8. The van der Waals surface area contributed by atoms with E-state index in [0.29, 0.717) is 0 Å². The second kappa shape index (κ2) is 9.30. The molecule has 0 radical (unpaired) electrons. The molecular weight excluding hydrogens is 510 g/mol. The molecular formula is C24H24ClN3O9. The largest absolute Gasteiger partial charge is 0.508 e. The van der Waals surface area contributed by atoms with Crippen molar-refractivity contribution in [2.75, 3.05) is 14.1 Å². The van der Waals surface area contributed by atoms with Gasteiger partial charge in [-0.2, -0.15) is 0 Å². The van der Waals surface area contributed by atoms with Gasteiger partial charge in [0.15, 0.2) is 11.4 Å². The second-order valence-corrected chi connectivity index (χ2v) is 9.56. The molecule has 0 bridgehead atoms. The number of Topliss-reactive ketones (excluding diaryl/α,β-unsaturated/α-hetero) is 2. The first-order chi connectivity index (χ1) is 17.3. The number of primary amides is 1. The van der Waals surface area contributed by atoms with Gasteiger partial charge in [0.05, 0.1) is 23.9 Å². The second-order valence-electron chi connectivity index (χ2n) is 9.16. The number of hydrogen-bond acceptors (Lipinski definition) is 11. The van der Waals surface area contributed by atoms with E-state index < -0.39 is 75.5 Å². The molecule has 0 saturated heterocycles. The summed E-state index contributed by atoms with van der Waals surface area (Å²) < 4.78 is 4.33. The Labute approximate surface area is 214 Å². The molecule has 1 fully saturated rings. The highest BCUT2D eigenvalue weighted by Gasteiger charge is 2.65. The van der Waals surface area contributed by atoms with E-state index >= 15 is 0 Å². The van der Waals surface area contributed by atoms with Gasteiger partial charge in [0.2, 0.25) is 5.78 Å². The molecule has 1 heterocycles. The van der Waals surface area contributed by atoms with E-state index in [4.69, 9.17) is 17.3 Å². The zero-order valence-electron chi connectivity index (χ0n) is 19.6. The van der Waals surface area contributed by atoms with Gasteiger partial charge < -0.3 is 35.8 Å². The molecule has 5 rings (SSSR count). The van der Waals surface area contributed by atoms with Crippen LogP contribution in [0.2, 0.25) is 5.02 Å². The highest BCUT2D eigenvalue weighted by Crippen LogP contribution is 2.56. The summed E-state index contributed by atoms with van der Waals surface area (Å²) in [5.41, 5.74) is 0.845. The summed E-state index contributed by atoms with van der Waals surface area (Å²) in [5, 5.41) is 57.7. The number of amides is 1. The Kier molecular flexibility index (Phi) is 6.63. The average Bonchev–Trinajstić information content (AvgIpc) is 3.41. The molecule has 5 atom stereocenters. The molecule has 1 amide bonds. The topological polar surface area (TPSA) is 208 Å². The van der Waals surface area contributed by atoms with Crippen molar-refractivity contribution >= 4 is 34.8 Å². The van der Waals surface area contributed by atoms with Gasteiger partial charge in [-0.3, -0.25) is 19.3 Å². The molecule has 3 aliphatic carbocycles. The number of halogens is 1. The Hall–Kier alpha value is -3.71. The van der Waals surface area contributed by atoms with Gasteiger partial charge in [0.1, 0.15) is 29.1 Å². The van der Waals surface area contributed by atoms with Crippen LogP contribution in [0.4, 0.5) is 0 Å². The molecule has 37 heavy (non-hydrogen) atoms. The maximum absolute atomic E-state index is 13.6. The van der Waals surface area contributed by atoms with E-state index in [0.717, 1.165) is 0 Å². The minimum atomic E-state index is -2.77. The molecule has 2 aromatic rings. The quantitative estimate of drug-likeness (QED) is 0.297. The molecule has 12 nitrogen and oxygen atoms in total. The fourth-order valence-corrected chi connectivity index (χ4v) is 5.69. The lowest BCUT2D eigenvalue weighted by Crippen LogP contribution is -2.66. The van der Waals surface area contributed by atoms with Crippen LogP contribution < -0.4 is 5.73 Å². The molecule has 0 unspecified atom stereocenters. The number of hydrogen-bond donors (Lipinski definition) is 6. The van der Waals surface area contributed by atoms with Crippen molar-refractivity contribution in [2.24, 2.45) is 17.6 Å². The van der Waals surface area contributed by atoms with Crippen LogP contribution in [0.3, 0.4) is 0 Å². The van der Waals surface area contributed by atoms with Crippen LogP contribution in [0, 0.1) is 11.8 Å². The first-order valence-electron chi connectivity index (χ1n) is 11.0. The number of phenols is 1. The smallest absolute Gasteiger partial charge is 0.255 e. The number of carbonyl (C=O) groups is 3. The predicted molar refractivity (Wildman–Crippen MR) is 127 cm³/mol. The summed E-state index contributed by atoms with van der Waals surface area (Å²) >= 11 is 6.19. The third-order valence-electron chi connectivity index (χ3n) is 6.99. The molecule has 1 saturated carbocycles. The summed E-state index contributed by atoms with van der Waals surface area (Å²) in [6.07, 6.45) is 1.39. The molecule has 0 spiro atoms. The van der Waals surface area contributed by atoms with Crippen molar-refractivity contribution in [3.63, 3.8) is 0 Å². The number of phenolic OH excluding ortho intramolecular Hbond substituents is 1. The fraction of sp³-hybridized carbons (Fsp3) is 0.333. The number of nitrogens with two attached hydrogens (primary N) is 1. The molecule has 196 valence electrons. The van der Waals surface area contributed by atoms with Crippen molar-refractivity contribution in [1.82, 2.24) is 10.1 Å². The standard InChI is InChI=1S/C21H21ClN2O8.C3H3NO/c1-24(2)14-7-5-6-10(16(27)12-9(25)4-3-8(22)11(12)15(6)26)18(29)21(7,32)19(30)13(17(14)28)20(23)31;1-2-4-5-3-1/h3-4,6-7,14-15,25-27,30,32H,5H2,1-2H3,(H2,23,31);1-3H/t6-,7-,14-,15-,21-;/m0./s1. The van der Waals surface area contributed by atoms with Gasteiger partial charge in [0, 0.05) is 28.0 Å². The number of nitrogens with zero attached hydrogens (tertiary/aromatic N) is 2. The van der Waals surface area contributed by atoms with E-state index in [2.05, 4.69) is 9.68 Å². The number of ketones is 2. The van der Waals surface area contributed by atoms with Gasteiger partial charge in [-0.25, -0.2) is 0 Å². The number of aliphatic hydroxyl groups excluding tert-OH is 3. The van der Waals surface area contributed by atoms with Crippen LogP contribution in [0.25, 0.3) is 5.76 Å². The number of benzene rings is 1. The summed E-state index contributed by atoms with van der Waals surface area (Å²) in [6, 6.07) is 2.97. The Bertz CT molecular complexity index is 1330. The number of aromatic nitrogens is 1. The average molecular weight is 534 g/mol. The van der Waals surface area contributed by atoms with E-state index in [1.54, 1.807) is 12.3 Å². The third kappa shape index (κ3) is 3.80. The van der Waals surface area contributed by atoms with Crippen molar-refractivity contribution in [3.8, 4) is 5.75 Å². The number of likely N-dealkylation sites (N-methyl/N-ethyl adjacent to an activating group) is 1. The van der Waals surface area contributed by atoms with Crippen LogP contribution >= 0.6 is 11.6 Å². The first kappa shape index (κ1) is 26.4. The summed E-state index contributed by atoms with van der Waals surface area (Å²) in [7, 11) is 2.97. The van der Waals surface area contributed by atoms with Crippen LogP contribution in [0.1, 0.15) is 23.7 Å². The van der Waals surface area contributed by atoms with Crippen LogP contribution in [0.15, 0.2) is 52.1 Å². The maximum atomic E-state index is 13.6. The molecule has 1 aromatic heterocycles. The predicted octanol–water partition coefficient (Wildman–Crippen LogP) is 0.783. The van der Waals surface area contributed by atoms with E-state index in [9.17, 15) is 39.9 Å². The zero-order valence-corrected chi connectivity index (χ0v) is 20.4. The number of aromatic hydroxyl groups is 1. The Morgan fingerprint density at radius 2 is 1.92 bits per heavy atom. The van der Waals surface area contributed by atoms with Crippen molar-refractivity contribution in [3.05, 3.63) is 63.7 Å². The number of aliphatic hydroxyl groups is 4. The number of carbonyl (C=O) groups excluding carboxylic acids is 3. The van der Waals surface area contributed by atoms with Gasteiger partial charge in [-0.05, 0) is 38.7 Å². The lowest BCUT2D eigenvalue weighted by Gasteiger charge is -2.51.